The number of anilines is 1. The molecular weight excluding hydrogens is 450 g/mol. The maximum Gasteiger partial charge on any atom is 0.260 e. The van der Waals surface area contributed by atoms with Gasteiger partial charge in [-0.25, -0.2) is 4.98 Å². The second kappa shape index (κ2) is 10.8. The molecule has 1 aromatic heterocycles. The molecule has 0 bridgehead atoms. The van der Waals surface area contributed by atoms with Crippen molar-refractivity contribution in [2.45, 2.75) is 13.3 Å². The summed E-state index contributed by atoms with van der Waals surface area (Å²) >= 11 is 1.50. The van der Waals surface area contributed by atoms with Crippen LogP contribution in [-0.4, -0.2) is 62.8 Å². The molecule has 9 heteroatoms. The summed E-state index contributed by atoms with van der Waals surface area (Å²) in [7, 11) is 4.05. The molecule has 0 spiro atoms. The summed E-state index contributed by atoms with van der Waals surface area (Å²) in [6.45, 7) is 4.95. The van der Waals surface area contributed by atoms with Gasteiger partial charge in [-0.3, -0.25) is 9.69 Å². The van der Waals surface area contributed by atoms with Gasteiger partial charge in [-0.05, 0) is 64.3 Å². The van der Waals surface area contributed by atoms with Crippen LogP contribution >= 0.6 is 23.7 Å². The quantitative estimate of drug-likeness (QED) is 0.476. The minimum Gasteiger partial charge on any atom is -0.492 e. The fourth-order valence-electron chi connectivity index (χ4n) is 3.46. The van der Waals surface area contributed by atoms with Crippen LogP contribution in [0.5, 0.6) is 17.2 Å². The topological polar surface area (TPSA) is 64.1 Å². The van der Waals surface area contributed by atoms with Crippen LogP contribution in [-0.2, 0) is 0 Å². The number of carbonyl (C=O) groups excluding carboxylic acids is 1. The average molecular weight is 478 g/mol. The number of hydrogen-bond donors (Lipinski definition) is 0. The van der Waals surface area contributed by atoms with Gasteiger partial charge in [-0.15, -0.1) is 12.4 Å². The summed E-state index contributed by atoms with van der Waals surface area (Å²) in [5, 5.41) is 0.667. The van der Waals surface area contributed by atoms with Crippen molar-refractivity contribution in [2.24, 2.45) is 0 Å². The Bertz CT molecular complexity index is 1070. The second-order valence-corrected chi connectivity index (χ2v) is 8.51. The third kappa shape index (κ3) is 5.26. The first-order valence-corrected chi connectivity index (χ1v) is 11.3. The minimum absolute atomic E-state index is 0. The Balaban J connectivity index is 0.00000289. The Morgan fingerprint density at radius 1 is 1.12 bits per heavy atom. The van der Waals surface area contributed by atoms with Gasteiger partial charge >= 0.3 is 0 Å². The van der Waals surface area contributed by atoms with Crippen LogP contribution in [0, 0.1) is 0 Å². The molecule has 0 saturated carbocycles. The molecule has 0 saturated heterocycles. The van der Waals surface area contributed by atoms with E-state index >= 15 is 0 Å². The Morgan fingerprint density at radius 3 is 2.66 bits per heavy atom. The fourth-order valence-corrected chi connectivity index (χ4v) is 4.47. The molecule has 1 amide bonds. The van der Waals surface area contributed by atoms with Gasteiger partial charge in [0, 0.05) is 12.1 Å². The van der Waals surface area contributed by atoms with Crippen molar-refractivity contribution >= 4 is 45.0 Å². The molecule has 3 aromatic rings. The molecule has 0 aliphatic carbocycles. The van der Waals surface area contributed by atoms with Crippen molar-refractivity contribution in [3.8, 4) is 17.2 Å². The van der Waals surface area contributed by atoms with Gasteiger partial charge < -0.3 is 19.1 Å². The van der Waals surface area contributed by atoms with Crippen LogP contribution in [0.4, 0.5) is 5.13 Å². The van der Waals surface area contributed by atoms with Gasteiger partial charge in [0.15, 0.2) is 16.6 Å². The van der Waals surface area contributed by atoms with E-state index in [1.807, 2.05) is 39.2 Å². The lowest BCUT2D eigenvalue weighted by atomic mass is 10.1. The zero-order chi connectivity index (χ0) is 21.8. The second-order valence-electron chi connectivity index (χ2n) is 7.50. The summed E-state index contributed by atoms with van der Waals surface area (Å²) in [5.74, 6) is 1.91. The van der Waals surface area contributed by atoms with Gasteiger partial charge in [0.05, 0.1) is 11.3 Å². The van der Waals surface area contributed by atoms with Crippen molar-refractivity contribution < 1.29 is 19.0 Å². The van der Waals surface area contributed by atoms with Gasteiger partial charge in [0.2, 0.25) is 0 Å². The number of ether oxygens (including phenoxy) is 3. The number of thiazole rings is 1. The van der Waals surface area contributed by atoms with Crippen LogP contribution in [0.2, 0.25) is 0 Å². The largest absolute Gasteiger partial charge is 0.492 e. The molecular formula is C23H28ClN3O4S. The van der Waals surface area contributed by atoms with Gasteiger partial charge in [0.1, 0.15) is 24.5 Å². The molecule has 4 rings (SSSR count). The molecule has 0 fully saturated rings. The van der Waals surface area contributed by atoms with Crippen LogP contribution in [0.1, 0.15) is 23.7 Å². The molecule has 0 atom stereocenters. The van der Waals surface area contributed by atoms with E-state index in [2.05, 4.69) is 4.90 Å². The summed E-state index contributed by atoms with van der Waals surface area (Å²) in [5.41, 5.74) is 1.34. The zero-order valence-electron chi connectivity index (χ0n) is 18.5. The normalized spacial score (nSPS) is 12.5. The molecule has 0 unspecified atom stereocenters. The number of rotatable bonds is 8. The number of benzene rings is 2. The Morgan fingerprint density at radius 2 is 1.91 bits per heavy atom. The lowest BCUT2D eigenvalue weighted by Crippen LogP contribution is -2.33. The predicted octanol–water partition coefficient (Wildman–Crippen LogP) is 4.49. The summed E-state index contributed by atoms with van der Waals surface area (Å²) < 4.78 is 18.0. The SMILES string of the molecule is CCOc1cccc2sc(N(CCCN(C)C)C(=O)c3ccc4c(c3)OCCO4)nc12.Cl. The number of hydrogen-bond acceptors (Lipinski definition) is 7. The van der Waals surface area contributed by atoms with Gasteiger partial charge in [-0.2, -0.15) is 0 Å². The first-order valence-electron chi connectivity index (χ1n) is 10.5. The molecule has 0 radical (unpaired) electrons. The highest BCUT2D eigenvalue weighted by Crippen LogP contribution is 2.36. The molecule has 1 aliphatic rings. The van der Waals surface area contributed by atoms with Crippen LogP contribution in [0.15, 0.2) is 36.4 Å². The number of fused-ring (bicyclic) bond motifs is 2. The number of carbonyl (C=O) groups is 1. The van der Waals surface area contributed by atoms with Crippen LogP contribution in [0.25, 0.3) is 10.2 Å². The lowest BCUT2D eigenvalue weighted by molar-refractivity contribution is 0.0984. The third-order valence-corrected chi connectivity index (χ3v) is 5.97. The molecule has 1 aliphatic heterocycles. The van der Waals surface area contributed by atoms with Crippen molar-refractivity contribution in [3.63, 3.8) is 0 Å². The lowest BCUT2D eigenvalue weighted by Gasteiger charge is -2.23. The van der Waals surface area contributed by atoms with Crippen molar-refractivity contribution in [1.82, 2.24) is 9.88 Å². The highest BCUT2D eigenvalue weighted by molar-refractivity contribution is 7.22. The van der Waals surface area contributed by atoms with Crippen LogP contribution < -0.4 is 19.1 Å². The van der Waals surface area contributed by atoms with Crippen molar-refractivity contribution in [3.05, 3.63) is 42.0 Å². The predicted molar refractivity (Wildman–Crippen MR) is 130 cm³/mol. The van der Waals surface area contributed by atoms with E-state index in [0.29, 0.717) is 48.6 Å². The van der Waals surface area contributed by atoms with E-state index in [-0.39, 0.29) is 18.3 Å². The van der Waals surface area contributed by atoms with E-state index in [4.69, 9.17) is 19.2 Å². The molecule has 7 nitrogen and oxygen atoms in total. The smallest absolute Gasteiger partial charge is 0.260 e. The molecule has 32 heavy (non-hydrogen) atoms. The first-order chi connectivity index (χ1) is 15.1. The van der Waals surface area contributed by atoms with E-state index < -0.39 is 0 Å². The number of halogens is 1. The van der Waals surface area contributed by atoms with E-state index in [9.17, 15) is 4.79 Å². The van der Waals surface area contributed by atoms with E-state index in [0.717, 1.165) is 28.9 Å². The number of para-hydroxylation sites is 1. The molecule has 2 aromatic carbocycles. The summed E-state index contributed by atoms with van der Waals surface area (Å²) in [6.07, 6.45) is 0.831. The maximum atomic E-state index is 13.5. The number of amides is 1. The monoisotopic (exact) mass is 477 g/mol. The number of nitrogens with zero attached hydrogens (tertiary/aromatic N) is 3. The third-order valence-electron chi connectivity index (χ3n) is 4.92. The molecule has 172 valence electrons. The van der Waals surface area contributed by atoms with E-state index in [1.165, 1.54) is 11.3 Å². The highest BCUT2D eigenvalue weighted by Gasteiger charge is 2.24. The Hall–Kier alpha value is -2.55. The first kappa shape index (κ1) is 24.1. The average Bonchev–Trinajstić information content (AvgIpc) is 3.21. The van der Waals surface area contributed by atoms with Gasteiger partial charge in [0.25, 0.3) is 5.91 Å². The fraction of sp³-hybridized carbons (Fsp3) is 0.391. The van der Waals surface area contributed by atoms with Crippen LogP contribution in [0.3, 0.4) is 0 Å². The summed E-state index contributed by atoms with van der Waals surface area (Å²) in [6, 6.07) is 11.2. The maximum absolute atomic E-state index is 13.5. The van der Waals surface area contributed by atoms with Crippen molar-refractivity contribution in [2.75, 3.05) is 51.9 Å². The number of aromatic nitrogens is 1. The van der Waals surface area contributed by atoms with Gasteiger partial charge in [-0.1, -0.05) is 17.4 Å². The zero-order valence-corrected chi connectivity index (χ0v) is 20.1. The van der Waals surface area contributed by atoms with Crippen molar-refractivity contribution in [1.29, 1.82) is 0 Å². The van der Waals surface area contributed by atoms with E-state index in [1.54, 1.807) is 23.1 Å². The molecule has 0 N–H and O–H groups in total. The molecule has 2 heterocycles. The summed E-state index contributed by atoms with van der Waals surface area (Å²) in [4.78, 5) is 22.2. The Kier molecular flexibility index (Phi) is 8.17. The Labute approximate surface area is 198 Å². The minimum atomic E-state index is -0.104. The standard InChI is InChI=1S/C23H27N3O4S.ClH/c1-4-28-18-7-5-8-20-21(18)24-23(31-20)26(12-6-11-25(2)3)22(27)16-9-10-17-19(15-16)30-14-13-29-17;/h5,7-10,15H,4,6,11-14H2,1-3H3;1H. The highest BCUT2D eigenvalue weighted by atomic mass is 35.5.